The smallest absolute Gasteiger partial charge is 0.121 e. The van der Waals surface area contributed by atoms with Crippen molar-refractivity contribution < 1.29 is 5.11 Å². The zero-order chi connectivity index (χ0) is 13.8. The molecule has 0 bridgehead atoms. The van der Waals surface area contributed by atoms with Crippen molar-refractivity contribution in [2.75, 3.05) is 0 Å². The van der Waals surface area contributed by atoms with Crippen LogP contribution in [0.2, 0.25) is 5.02 Å². The molecule has 2 rings (SSSR count). The second kappa shape index (κ2) is 6.42. The molecule has 0 saturated carbocycles. The predicted molar refractivity (Wildman–Crippen MR) is 82.5 cm³/mol. The van der Waals surface area contributed by atoms with Gasteiger partial charge in [-0.05, 0) is 36.8 Å². The summed E-state index contributed by atoms with van der Waals surface area (Å²) >= 11 is 9.49. The van der Waals surface area contributed by atoms with Crippen LogP contribution in [0.3, 0.4) is 0 Å². The van der Waals surface area contributed by atoms with Crippen molar-refractivity contribution in [2.24, 2.45) is 0 Å². The van der Waals surface area contributed by atoms with Gasteiger partial charge in [-0.3, -0.25) is 0 Å². The Morgan fingerprint density at radius 1 is 1.21 bits per heavy atom. The summed E-state index contributed by atoms with van der Waals surface area (Å²) in [6.45, 7) is 2.61. The molecule has 0 aliphatic heterocycles. The largest absolute Gasteiger partial charge is 0.508 e. The van der Waals surface area contributed by atoms with Gasteiger partial charge in [-0.25, -0.2) is 0 Å². The van der Waals surface area contributed by atoms with Gasteiger partial charge < -0.3 is 10.4 Å². The van der Waals surface area contributed by atoms with Gasteiger partial charge in [-0.2, -0.15) is 0 Å². The Hall–Kier alpha value is -1.03. The molecule has 0 spiro atoms. The maximum atomic E-state index is 9.78. The van der Waals surface area contributed by atoms with Gasteiger partial charge in [0.05, 0.1) is 0 Å². The van der Waals surface area contributed by atoms with Crippen LogP contribution in [-0.2, 0) is 6.54 Å². The average Bonchev–Trinajstić information content (AvgIpc) is 2.38. The molecule has 0 fully saturated rings. The van der Waals surface area contributed by atoms with Crippen LogP contribution in [0.5, 0.6) is 5.75 Å². The van der Waals surface area contributed by atoms with Gasteiger partial charge in [0, 0.05) is 27.6 Å². The van der Waals surface area contributed by atoms with E-state index < -0.39 is 0 Å². The first-order valence-electron chi connectivity index (χ1n) is 6.03. The summed E-state index contributed by atoms with van der Waals surface area (Å²) in [7, 11) is 0. The fourth-order valence-corrected chi connectivity index (χ4v) is 2.35. The quantitative estimate of drug-likeness (QED) is 0.848. The summed E-state index contributed by atoms with van der Waals surface area (Å²) in [4.78, 5) is 0. The molecule has 2 aromatic carbocycles. The van der Waals surface area contributed by atoms with Crippen LogP contribution >= 0.6 is 27.5 Å². The minimum Gasteiger partial charge on any atom is -0.508 e. The molecular weight excluding hydrogens is 326 g/mol. The molecule has 0 heterocycles. The van der Waals surface area contributed by atoms with Crippen LogP contribution < -0.4 is 5.32 Å². The first-order chi connectivity index (χ1) is 9.08. The van der Waals surface area contributed by atoms with Crippen LogP contribution in [0.4, 0.5) is 0 Å². The summed E-state index contributed by atoms with van der Waals surface area (Å²) in [5.41, 5.74) is 1.92. The lowest BCUT2D eigenvalue weighted by Gasteiger charge is -2.15. The third kappa shape index (κ3) is 3.72. The fraction of sp³-hybridized carbons (Fsp3) is 0.200. The van der Waals surface area contributed by atoms with Crippen LogP contribution in [0.1, 0.15) is 24.1 Å². The first-order valence-corrected chi connectivity index (χ1v) is 7.20. The van der Waals surface area contributed by atoms with Crippen molar-refractivity contribution in [3.05, 3.63) is 63.1 Å². The molecule has 0 aliphatic carbocycles. The third-order valence-corrected chi connectivity index (χ3v) is 3.93. The van der Waals surface area contributed by atoms with Crippen LogP contribution in [0, 0.1) is 0 Å². The Balaban J connectivity index is 2.04. The third-order valence-electron chi connectivity index (χ3n) is 3.05. The van der Waals surface area contributed by atoms with E-state index in [2.05, 4.69) is 40.3 Å². The number of phenolic OH excluding ortho intramolecular Hbond substituents is 1. The Labute approximate surface area is 126 Å². The number of hydrogen-bond donors (Lipinski definition) is 2. The van der Waals surface area contributed by atoms with Crippen molar-refractivity contribution in [3.8, 4) is 5.75 Å². The molecule has 0 radical (unpaired) electrons. The molecule has 100 valence electrons. The normalized spacial score (nSPS) is 12.4. The highest BCUT2D eigenvalue weighted by molar-refractivity contribution is 9.10. The highest BCUT2D eigenvalue weighted by Gasteiger charge is 2.09. The summed E-state index contributed by atoms with van der Waals surface area (Å²) in [5.74, 6) is 0.225. The summed E-state index contributed by atoms with van der Waals surface area (Å²) in [5, 5.41) is 13.7. The lowest BCUT2D eigenvalue weighted by atomic mass is 10.1. The molecular formula is C15H15BrClNO. The lowest BCUT2D eigenvalue weighted by molar-refractivity contribution is 0.460. The summed E-state index contributed by atoms with van der Waals surface area (Å²) in [6, 6.07) is 13.5. The second-order valence-corrected chi connectivity index (χ2v) is 5.71. The highest BCUT2D eigenvalue weighted by Crippen LogP contribution is 2.26. The van der Waals surface area contributed by atoms with E-state index >= 15 is 0 Å². The monoisotopic (exact) mass is 339 g/mol. The highest BCUT2D eigenvalue weighted by atomic mass is 79.9. The fourth-order valence-electron chi connectivity index (χ4n) is 1.85. The van der Waals surface area contributed by atoms with Crippen molar-refractivity contribution in [3.63, 3.8) is 0 Å². The van der Waals surface area contributed by atoms with Crippen LogP contribution in [-0.4, -0.2) is 5.11 Å². The molecule has 1 atom stereocenters. The number of benzene rings is 2. The van der Waals surface area contributed by atoms with Crippen LogP contribution in [0.25, 0.3) is 0 Å². The molecule has 0 aliphatic rings. The van der Waals surface area contributed by atoms with Gasteiger partial charge >= 0.3 is 0 Å². The summed E-state index contributed by atoms with van der Waals surface area (Å²) < 4.78 is 1.06. The number of phenols is 1. The molecule has 2 nitrogen and oxygen atoms in total. The molecule has 2 N–H and O–H groups in total. The minimum atomic E-state index is 0.184. The van der Waals surface area contributed by atoms with Crippen LogP contribution in [0.15, 0.2) is 46.9 Å². The molecule has 0 unspecified atom stereocenters. The van der Waals surface area contributed by atoms with Crippen molar-refractivity contribution in [2.45, 2.75) is 19.5 Å². The van der Waals surface area contributed by atoms with Gasteiger partial charge in [0.25, 0.3) is 0 Å². The van der Waals surface area contributed by atoms with E-state index in [1.807, 2.05) is 12.1 Å². The topological polar surface area (TPSA) is 32.3 Å². The minimum absolute atomic E-state index is 0.184. The average molecular weight is 341 g/mol. The van der Waals surface area contributed by atoms with Gasteiger partial charge in [0.1, 0.15) is 5.75 Å². The van der Waals surface area contributed by atoms with Gasteiger partial charge in [-0.15, -0.1) is 0 Å². The van der Waals surface area contributed by atoms with Gasteiger partial charge in [-0.1, -0.05) is 45.7 Å². The number of rotatable bonds is 4. The maximum Gasteiger partial charge on any atom is 0.121 e. The van der Waals surface area contributed by atoms with Crippen molar-refractivity contribution in [1.82, 2.24) is 5.32 Å². The number of hydrogen-bond acceptors (Lipinski definition) is 2. The van der Waals surface area contributed by atoms with E-state index in [9.17, 15) is 5.11 Å². The molecule has 0 aromatic heterocycles. The van der Waals surface area contributed by atoms with E-state index in [0.717, 1.165) is 10.0 Å². The Kier molecular flexibility index (Phi) is 4.86. The lowest BCUT2D eigenvalue weighted by Crippen LogP contribution is -2.18. The standard InChI is InChI=1S/C15H15BrClNO/c1-10(11-5-7-12(16)8-6-11)18-9-13-14(17)3-2-4-15(13)19/h2-8,10,18-19H,9H2,1H3/t10-/m0/s1. The zero-order valence-electron chi connectivity index (χ0n) is 10.5. The van der Waals surface area contributed by atoms with E-state index in [4.69, 9.17) is 11.6 Å². The zero-order valence-corrected chi connectivity index (χ0v) is 12.9. The van der Waals surface area contributed by atoms with Crippen molar-refractivity contribution in [1.29, 1.82) is 0 Å². The molecule has 19 heavy (non-hydrogen) atoms. The van der Waals surface area contributed by atoms with E-state index in [1.165, 1.54) is 5.56 Å². The van der Waals surface area contributed by atoms with E-state index in [0.29, 0.717) is 11.6 Å². The molecule has 0 amide bonds. The predicted octanol–water partition coefficient (Wildman–Crippen LogP) is 4.66. The summed E-state index contributed by atoms with van der Waals surface area (Å²) in [6.07, 6.45) is 0. The molecule has 4 heteroatoms. The van der Waals surface area contributed by atoms with Gasteiger partial charge in [0.2, 0.25) is 0 Å². The van der Waals surface area contributed by atoms with E-state index in [1.54, 1.807) is 18.2 Å². The Morgan fingerprint density at radius 3 is 2.53 bits per heavy atom. The SMILES string of the molecule is C[C@H](NCc1c(O)cccc1Cl)c1ccc(Br)cc1. The van der Waals surface area contributed by atoms with E-state index in [-0.39, 0.29) is 11.8 Å². The maximum absolute atomic E-state index is 9.78. The molecule has 2 aromatic rings. The Morgan fingerprint density at radius 2 is 1.89 bits per heavy atom. The Bertz CT molecular complexity index is 536. The number of halogens is 2. The number of nitrogens with one attached hydrogen (secondary N) is 1. The first kappa shape index (κ1) is 14.4. The van der Waals surface area contributed by atoms with Crippen molar-refractivity contribution >= 4 is 27.5 Å². The van der Waals surface area contributed by atoms with Gasteiger partial charge in [0.15, 0.2) is 0 Å². The molecule has 0 saturated heterocycles. The number of aromatic hydroxyl groups is 1. The second-order valence-electron chi connectivity index (χ2n) is 4.39.